The van der Waals surface area contributed by atoms with Crippen molar-refractivity contribution < 1.29 is 0 Å². The Morgan fingerprint density at radius 3 is 2.94 bits per heavy atom. The predicted octanol–water partition coefficient (Wildman–Crippen LogP) is 3.66. The van der Waals surface area contributed by atoms with Crippen molar-refractivity contribution >= 4 is 21.6 Å². The van der Waals surface area contributed by atoms with Crippen LogP contribution < -0.4 is 0 Å². The average molecular weight is 229 g/mol. The Kier molecular flexibility index (Phi) is 1.89. The summed E-state index contributed by atoms with van der Waals surface area (Å²) >= 11 is 1.95. The van der Waals surface area contributed by atoms with E-state index in [-0.39, 0.29) is 0 Å². The summed E-state index contributed by atoms with van der Waals surface area (Å²) in [4.78, 5) is 7.82. The molecule has 0 atom stereocenters. The Morgan fingerprint density at radius 1 is 1.00 bits per heavy atom. The van der Waals surface area contributed by atoms with Crippen molar-refractivity contribution in [2.24, 2.45) is 0 Å². The molecule has 0 bridgehead atoms. The van der Waals surface area contributed by atoms with E-state index >= 15 is 0 Å². The largest absolute Gasteiger partial charge is 0.242 e. The molecule has 2 heterocycles. The van der Waals surface area contributed by atoms with Crippen LogP contribution in [0, 0.1) is 0 Å². The molecule has 0 saturated heterocycles. The second-order valence-electron chi connectivity index (χ2n) is 5.01. The van der Waals surface area contributed by atoms with Crippen LogP contribution in [-0.4, -0.2) is 4.98 Å². The fraction of sp³-hybridized carbons (Fsp3) is 0.500. The van der Waals surface area contributed by atoms with Crippen molar-refractivity contribution in [2.45, 2.75) is 44.9 Å². The predicted molar refractivity (Wildman–Crippen MR) is 68.3 cm³/mol. The number of hydrogen-bond acceptors (Lipinski definition) is 2. The summed E-state index contributed by atoms with van der Waals surface area (Å²) < 4.78 is 0. The van der Waals surface area contributed by atoms with Gasteiger partial charge in [-0.2, -0.15) is 0 Å². The van der Waals surface area contributed by atoms with Crippen LogP contribution in [-0.2, 0) is 25.7 Å². The van der Waals surface area contributed by atoms with Crippen molar-refractivity contribution in [1.29, 1.82) is 0 Å². The molecule has 2 aromatic rings. The van der Waals surface area contributed by atoms with Crippen molar-refractivity contribution in [2.75, 3.05) is 0 Å². The maximum atomic E-state index is 4.90. The number of hydrogen-bond donors (Lipinski definition) is 0. The van der Waals surface area contributed by atoms with Crippen LogP contribution >= 0.6 is 11.3 Å². The molecule has 0 aliphatic heterocycles. The third-order valence-electron chi connectivity index (χ3n) is 3.98. The molecule has 0 N–H and O–H groups in total. The molecule has 82 valence electrons. The van der Waals surface area contributed by atoms with Gasteiger partial charge in [-0.25, -0.2) is 4.98 Å². The van der Waals surface area contributed by atoms with E-state index in [4.69, 9.17) is 4.98 Å². The van der Waals surface area contributed by atoms with Gasteiger partial charge in [0.25, 0.3) is 0 Å². The molecule has 2 aliphatic carbocycles. The number of aromatic nitrogens is 1. The Balaban J connectivity index is 2.01. The second-order valence-corrected chi connectivity index (χ2v) is 6.09. The zero-order valence-electron chi connectivity index (χ0n) is 9.38. The molecule has 0 amide bonds. The minimum Gasteiger partial charge on any atom is -0.242 e. The molecule has 0 radical (unpaired) electrons. The number of pyridine rings is 1. The normalized spacial score (nSPS) is 18.8. The van der Waals surface area contributed by atoms with E-state index in [0.717, 1.165) is 0 Å². The van der Waals surface area contributed by atoms with Crippen LogP contribution in [0.5, 0.6) is 0 Å². The van der Waals surface area contributed by atoms with Gasteiger partial charge in [-0.3, -0.25) is 0 Å². The van der Waals surface area contributed by atoms with Crippen LogP contribution in [0.3, 0.4) is 0 Å². The molecule has 0 unspecified atom stereocenters. The standard InChI is InChI=1S/C14H15NS/c1-2-6-12-9(4-1)8-11-10-5-3-7-13(10)16-14(11)15-12/h8H,1-7H2. The number of aryl methyl sites for hydroxylation is 4. The number of thiophene rings is 1. The summed E-state index contributed by atoms with van der Waals surface area (Å²) in [5.74, 6) is 0. The second kappa shape index (κ2) is 3.30. The molecule has 4 rings (SSSR count). The SMILES string of the molecule is c1c2c(nc3sc4c(c13)CCC4)CCCC2. The highest BCUT2D eigenvalue weighted by molar-refractivity contribution is 7.18. The molecule has 0 fully saturated rings. The van der Waals surface area contributed by atoms with Gasteiger partial charge in [0.05, 0.1) is 0 Å². The highest BCUT2D eigenvalue weighted by atomic mass is 32.1. The van der Waals surface area contributed by atoms with E-state index < -0.39 is 0 Å². The van der Waals surface area contributed by atoms with Crippen LogP contribution in [0.25, 0.3) is 10.2 Å². The molecular weight excluding hydrogens is 214 g/mol. The van der Waals surface area contributed by atoms with Crippen LogP contribution in [0.4, 0.5) is 0 Å². The Morgan fingerprint density at radius 2 is 1.94 bits per heavy atom. The maximum absolute atomic E-state index is 4.90. The fourth-order valence-corrected chi connectivity index (χ4v) is 4.40. The Labute approximate surface area is 99.5 Å². The molecule has 2 aliphatic rings. The van der Waals surface area contributed by atoms with Gasteiger partial charge in [-0.05, 0) is 62.1 Å². The minimum atomic E-state index is 1.20. The monoisotopic (exact) mass is 229 g/mol. The lowest BCUT2D eigenvalue weighted by Gasteiger charge is -2.14. The van der Waals surface area contributed by atoms with Gasteiger partial charge in [0.15, 0.2) is 0 Å². The molecule has 1 nitrogen and oxygen atoms in total. The van der Waals surface area contributed by atoms with Crippen molar-refractivity contribution in [3.63, 3.8) is 0 Å². The third-order valence-corrected chi connectivity index (χ3v) is 5.18. The minimum absolute atomic E-state index is 1.20. The highest BCUT2D eigenvalue weighted by Gasteiger charge is 2.20. The van der Waals surface area contributed by atoms with E-state index in [2.05, 4.69) is 6.07 Å². The molecule has 2 heteroatoms. The zero-order chi connectivity index (χ0) is 10.5. The fourth-order valence-electron chi connectivity index (χ4n) is 3.14. The lowest BCUT2D eigenvalue weighted by atomic mass is 9.95. The van der Waals surface area contributed by atoms with E-state index in [1.54, 1.807) is 10.4 Å². The van der Waals surface area contributed by atoms with Crippen LogP contribution in [0.1, 0.15) is 41.0 Å². The van der Waals surface area contributed by atoms with Gasteiger partial charge >= 0.3 is 0 Å². The van der Waals surface area contributed by atoms with Crippen molar-refractivity contribution in [3.8, 4) is 0 Å². The summed E-state index contributed by atoms with van der Waals surface area (Å²) in [6.07, 6.45) is 9.07. The average Bonchev–Trinajstić information content (AvgIpc) is 2.86. The van der Waals surface area contributed by atoms with Gasteiger partial charge in [0.2, 0.25) is 0 Å². The summed E-state index contributed by atoms with van der Waals surface area (Å²) in [5.41, 5.74) is 4.55. The maximum Gasteiger partial charge on any atom is 0.124 e. The number of nitrogens with zero attached hydrogens (tertiary/aromatic N) is 1. The third kappa shape index (κ3) is 1.20. The lowest BCUT2D eigenvalue weighted by Crippen LogP contribution is -2.04. The first-order valence-electron chi connectivity index (χ1n) is 6.35. The van der Waals surface area contributed by atoms with Gasteiger partial charge in [0, 0.05) is 16.0 Å². The van der Waals surface area contributed by atoms with E-state index in [1.165, 1.54) is 66.4 Å². The Hall–Kier alpha value is -0.890. The molecule has 0 aromatic carbocycles. The topological polar surface area (TPSA) is 12.9 Å². The zero-order valence-corrected chi connectivity index (χ0v) is 10.2. The van der Waals surface area contributed by atoms with Gasteiger partial charge in [0.1, 0.15) is 4.83 Å². The van der Waals surface area contributed by atoms with Gasteiger partial charge in [-0.15, -0.1) is 11.3 Å². The first-order chi connectivity index (χ1) is 7.92. The summed E-state index contributed by atoms with van der Waals surface area (Å²) in [6.45, 7) is 0. The van der Waals surface area contributed by atoms with Crippen molar-refractivity contribution in [1.82, 2.24) is 4.98 Å². The highest BCUT2D eigenvalue weighted by Crippen LogP contribution is 2.38. The Bertz CT molecular complexity index is 568. The first-order valence-corrected chi connectivity index (χ1v) is 7.16. The van der Waals surface area contributed by atoms with Gasteiger partial charge in [-0.1, -0.05) is 0 Å². The van der Waals surface area contributed by atoms with Crippen LogP contribution in [0.2, 0.25) is 0 Å². The lowest BCUT2D eigenvalue weighted by molar-refractivity contribution is 0.671. The summed E-state index contributed by atoms with van der Waals surface area (Å²) in [6, 6.07) is 2.46. The molecule has 0 spiro atoms. The molecule has 0 saturated carbocycles. The number of rotatable bonds is 0. The van der Waals surface area contributed by atoms with Crippen LogP contribution in [0.15, 0.2) is 6.07 Å². The summed E-state index contributed by atoms with van der Waals surface area (Å²) in [7, 11) is 0. The number of fused-ring (bicyclic) bond motifs is 4. The quantitative estimate of drug-likeness (QED) is 0.671. The molecule has 16 heavy (non-hydrogen) atoms. The van der Waals surface area contributed by atoms with Crippen molar-refractivity contribution in [3.05, 3.63) is 27.8 Å². The summed E-state index contributed by atoms with van der Waals surface area (Å²) in [5, 5.41) is 1.48. The van der Waals surface area contributed by atoms with Gasteiger partial charge < -0.3 is 0 Å². The molecule has 2 aromatic heterocycles. The van der Waals surface area contributed by atoms with E-state index in [9.17, 15) is 0 Å². The van der Waals surface area contributed by atoms with E-state index in [1.807, 2.05) is 11.3 Å². The first kappa shape index (κ1) is 9.17. The van der Waals surface area contributed by atoms with E-state index in [0.29, 0.717) is 0 Å². The smallest absolute Gasteiger partial charge is 0.124 e. The molecular formula is C14H15NS.